The Morgan fingerprint density at radius 3 is 2.24 bits per heavy atom. The summed E-state index contributed by atoms with van der Waals surface area (Å²) in [6.45, 7) is 14.4. The number of hydrogen-bond acceptors (Lipinski definition) is 5. The van der Waals surface area contributed by atoms with Crippen LogP contribution in [0.25, 0.3) is 0 Å². The van der Waals surface area contributed by atoms with Crippen molar-refractivity contribution in [1.29, 1.82) is 0 Å². The van der Waals surface area contributed by atoms with Gasteiger partial charge in [-0.25, -0.2) is 4.98 Å². The van der Waals surface area contributed by atoms with Crippen molar-refractivity contribution < 1.29 is 0 Å². The van der Waals surface area contributed by atoms with E-state index in [4.69, 9.17) is 9.97 Å². The largest absolute Gasteiger partial charge is 0.368 e. The molecule has 2 heterocycles. The van der Waals surface area contributed by atoms with Crippen LogP contribution in [0.15, 0.2) is 30.3 Å². The summed E-state index contributed by atoms with van der Waals surface area (Å²) in [5.74, 6) is 1.90. The highest BCUT2D eigenvalue weighted by Gasteiger charge is 2.20. The zero-order chi connectivity index (χ0) is 17.8. The van der Waals surface area contributed by atoms with E-state index in [0.717, 1.165) is 56.7 Å². The van der Waals surface area contributed by atoms with Gasteiger partial charge >= 0.3 is 0 Å². The second-order valence-corrected chi connectivity index (χ2v) is 6.65. The lowest BCUT2D eigenvalue weighted by molar-refractivity contribution is 0.638. The minimum atomic E-state index is 0.866. The average molecular weight is 339 g/mol. The van der Waals surface area contributed by atoms with Crippen molar-refractivity contribution in [3.05, 3.63) is 41.6 Å². The van der Waals surface area contributed by atoms with Crippen LogP contribution in [-0.2, 0) is 0 Å². The van der Waals surface area contributed by atoms with Crippen molar-refractivity contribution >= 4 is 17.5 Å². The van der Waals surface area contributed by atoms with Crippen molar-refractivity contribution in [3.63, 3.8) is 0 Å². The van der Waals surface area contributed by atoms with Crippen molar-refractivity contribution in [2.24, 2.45) is 0 Å². The summed E-state index contributed by atoms with van der Waals surface area (Å²) < 4.78 is 0. The van der Waals surface area contributed by atoms with Gasteiger partial charge in [-0.15, -0.1) is 0 Å². The zero-order valence-corrected chi connectivity index (χ0v) is 15.9. The van der Waals surface area contributed by atoms with Crippen LogP contribution in [0.5, 0.6) is 0 Å². The molecule has 1 saturated heterocycles. The number of aromatic nitrogens is 2. The third-order valence-electron chi connectivity index (χ3n) is 4.85. The summed E-state index contributed by atoms with van der Waals surface area (Å²) in [6, 6.07) is 10.8. The summed E-state index contributed by atoms with van der Waals surface area (Å²) >= 11 is 0. The molecule has 1 aliphatic rings. The highest BCUT2D eigenvalue weighted by molar-refractivity contribution is 5.51. The Morgan fingerprint density at radius 2 is 1.60 bits per heavy atom. The molecule has 1 aromatic heterocycles. The van der Waals surface area contributed by atoms with Crippen LogP contribution in [0.1, 0.15) is 25.1 Å². The molecule has 0 amide bonds. The van der Waals surface area contributed by atoms with Crippen LogP contribution >= 0.6 is 0 Å². The number of anilines is 3. The van der Waals surface area contributed by atoms with Gasteiger partial charge < -0.3 is 14.7 Å². The Labute approximate surface area is 151 Å². The van der Waals surface area contributed by atoms with Gasteiger partial charge in [0.05, 0.1) is 0 Å². The molecule has 0 atom stereocenters. The normalized spacial score (nSPS) is 14.7. The molecule has 0 aliphatic carbocycles. The Balaban J connectivity index is 1.72. The van der Waals surface area contributed by atoms with Crippen LogP contribution in [0.2, 0.25) is 0 Å². The fourth-order valence-electron chi connectivity index (χ4n) is 3.38. The molecule has 2 aromatic rings. The summed E-state index contributed by atoms with van der Waals surface area (Å²) in [6.07, 6.45) is 0. The van der Waals surface area contributed by atoms with E-state index in [-0.39, 0.29) is 0 Å². The first-order chi connectivity index (χ1) is 12.1. The lowest BCUT2D eigenvalue weighted by Crippen LogP contribution is -2.47. The zero-order valence-electron chi connectivity index (χ0n) is 15.9. The predicted octanol–water partition coefficient (Wildman–Crippen LogP) is 3.27. The van der Waals surface area contributed by atoms with Crippen LogP contribution in [0.4, 0.5) is 17.5 Å². The SMILES string of the molecule is CCN(CC)c1cc(C)nc(N2CCN(c3cccc(C)c3)CC2)n1. The highest BCUT2D eigenvalue weighted by Crippen LogP contribution is 2.21. The maximum absolute atomic E-state index is 4.83. The molecular weight excluding hydrogens is 310 g/mol. The molecule has 0 N–H and O–H groups in total. The molecule has 0 unspecified atom stereocenters. The van der Waals surface area contributed by atoms with E-state index in [1.165, 1.54) is 11.3 Å². The van der Waals surface area contributed by atoms with Crippen LogP contribution in [0.3, 0.4) is 0 Å². The summed E-state index contributed by atoms with van der Waals surface area (Å²) in [4.78, 5) is 16.6. The lowest BCUT2D eigenvalue weighted by atomic mass is 10.2. The molecular formula is C20H29N5. The molecule has 1 aliphatic heterocycles. The first kappa shape index (κ1) is 17.5. The second kappa shape index (κ2) is 7.72. The third kappa shape index (κ3) is 4.03. The molecule has 134 valence electrons. The second-order valence-electron chi connectivity index (χ2n) is 6.65. The Bertz CT molecular complexity index is 703. The van der Waals surface area contributed by atoms with Gasteiger partial charge in [-0.3, -0.25) is 0 Å². The topological polar surface area (TPSA) is 35.5 Å². The minimum Gasteiger partial charge on any atom is -0.368 e. The highest BCUT2D eigenvalue weighted by atomic mass is 15.3. The maximum Gasteiger partial charge on any atom is 0.227 e. The fraction of sp³-hybridized carbons (Fsp3) is 0.500. The standard InChI is InChI=1S/C20H29N5/c1-5-23(6-2)19-15-17(4)21-20(22-19)25-12-10-24(11-13-25)18-9-7-8-16(3)14-18/h7-9,14-15H,5-6,10-13H2,1-4H3. The van der Waals surface area contributed by atoms with Crippen molar-refractivity contribution in [2.75, 3.05) is 54.0 Å². The molecule has 3 rings (SSSR count). The average Bonchev–Trinajstić information content (AvgIpc) is 2.62. The van der Waals surface area contributed by atoms with Gasteiger partial charge in [0.1, 0.15) is 5.82 Å². The number of aryl methyl sites for hydroxylation is 2. The van der Waals surface area contributed by atoms with E-state index >= 15 is 0 Å². The van der Waals surface area contributed by atoms with Gasteiger partial charge in [0.2, 0.25) is 5.95 Å². The maximum atomic E-state index is 4.83. The van der Waals surface area contributed by atoms with Crippen LogP contribution in [-0.4, -0.2) is 49.2 Å². The van der Waals surface area contributed by atoms with E-state index in [1.807, 2.05) is 0 Å². The van der Waals surface area contributed by atoms with E-state index in [0.29, 0.717) is 0 Å². The van der Waals surface area contributed by atoms with Crippen LogP contribution in [0, 0.1) is 13.8 Å². The number of rotatable bonds is 5. The molecule has 0 bridgehead atoms. The molecule has 0 spiro atoms. The number of hydrogen-bond donors (Lipinski definition) is 0. The molecule has 0 radical (unpaired) electrons. The third-order valence-corrected chi connectivity index (χ3v) is 4.85. The van der Waals surface area contributed by atoms with Gasteiger partial charge in [-0.05, 0) is 45.4 Å². The smallest absolute Gasteiger partial charge is 0.227 e. The van der Waals surface area contributed by atoms with Crippen molar-refractivity contribution in [2.45, 2.75) is 27.7 Å². The summed E-state index contributed by atoms with van der Waals surface area (Å²) in [5, 5.41) is 0. The first-order valence-corrected chi connectivity index (χ1v) is 9.28. The van der Waals surface area contributed by atoms with Gasteiger partial charge in [0, 0.05) is 56.7 Å². The summed E-state index contributed by atoms with van der Waals surface area (Å²) in [5.41, 5.74) is 3.66. The molecule has 5 nitrogen and oxygen atoms in total. The van der Waals surface area contributed by atoms with E-state index in [9.17, 15) is 0 Å². The van der Waals surface area contributed by atoms with Gasteiger partial charge in [0.25, 0.3) is 0 Å². The quantitative estimate of drug-likeness (QED) is 0.835. The summed E-state index contributed by atoms with van der Waals surface area (Å²) in [7, 11) is 0. The molecule has 1 aromatic carbocycles. The Kier molecular flexibility index (Phi) is 5.41. The number of nitrogens with zero attached hydrogens (tertiary/aromatic N) is 5. The molecule has 1 fully saturated rings. The molecule has 5 heteroatoms. The van der Waals surface area contributed by atoms with Gasteiger partial charge in [-0.2, -0.15) is 4.98 Å². The monoisotopic (exact) mass is 339 g/mol. The van der Waals surface area contributed by atoms with E-state index in [1.54, 1.807) is 0 Å². The van der Waals surface area contributed by atoms with Gasteiger partial charge in [-0.1, -0.05) is 12.1 Å². The number of piperazine rings is 1. The molecule has 0 saturated carbocycles. The fourth-order valence-corrected chi connectivity index (χ4v) is 3.38. The van der Waals surface area contributed by atoms with E-state index in [2.05, 4.69) is 72.7 Å². The molecule has 25 heavy (non-hydrogen) atoms. The van der Waals surface area contributed by atoms with Crippen molar-refractivity contribution in [1.82, 2.24) is 9.97 Å². The minimum absolute atomic E-state index is 0.866. The van der Waals surface area contributed by atoms with Gasteiger partial charge in [0.15, 0.2) is 0 Å². The first-order valence-electron chi connectivity index (χ1n) is 9.28. The lowest BCUT2D eigenvalue weighted by Gasteiger charge is -2.36. The van der Waals surface area contributed by atoms with Crippen molar-refractivity contribution in [3.8, 4) is 0 Å². The van der Waals surface area contributed by atoms with E-state index < -0.39 is 0 Å². The Hall–Kier alpha value is -2.30. The number of benzene rings is 1. The van der Waals surface area contributed by atoms with Crippen LogP contribution < -0.4 is 14.7 Å². The predicted molar refractivity (Wildman–Crippen MR) is 106 cm³/mol. The Morgan fingerprint density at radius 1 is 0.920 bits per heavy atom.